The number of ketones is 2. The third-order valence-corrected chi connectivity index (χ3v) is 6.74. The van der Waals surface area contributed by atoms with Gasteiger partial charge in [-0.15, -0.1) is 0 Å². The van der Waals surface area contributed by atoms with Crippen LogP contribution >= 0.6 is 0 Å². The summed E-state index contributed by atoms with van der Waals surface area (Å²) in [5.74, 6) is -4.07. The Morgan fingerprint density at radius 3 is 2.44 bits per heavy atom. The number of carboxylic acid groups (broad SMARTS) is 1. The number of benzene rings is 1. The number of phenols is 2. The summed E-state index contributed by atoms with van der Waals surface area (Å²) in [7, 11) is 0. The molecule has 10 nitrogen and oxygen atoms in total. The fourth-order valence-electron chi connectivity index (χ4n) is 5.30. The molecular formula is C22H20O10. The van der Waals surface area contributed by atoms with E-state index in [-0.39, 0.29) is 34.5 Å². The highest BCUT2D eigenvalue weighted by Crippen LogP contribution is 2.54. The van der Waals surface area contributed by atoms with Crippen molar-refractivity contribution >= 4 is 23.6 Å². The van der Waals surface area contributed by atoms with E-state index in [2.05, 4.69) is 0 Å². The molecule has 0 unspecified atom stereocenters. The van der Waals surface area contributed by atoms with Crippen molar-refractivity contribution in [3.8, 4) is 11.5 Å². The van der Waals surface area contributed by atoms with Crippen molar-refractivity contribution in [2.75, 3.05) is 0 Å². The van der Waals surface area contributed by atoms with E-state index in [4.69, 9.17) is 14.6 Å². The van der Waals surface area contributed by atoms with Crippen LogP contribution in [0, 0.1) is 0 Å². The number of Topliss-reactive ketones (excluding diaryl/α,β-unsaturated/α-hetero) is 2. The normalized spacial score (nSPS) is 32.7. The molecule has 0 saturated carbocycles. The monoisotopic (exact) mass is 444 g/mol. The van der Waals surface area contributed by atoms with Gasteiger partial charge in [0.2, 0.25) is 0 Å². The van der Waals surface area contributed by atoms with Gasteiger partial charge >= 0.3 is 5.97 Å². The van der Waals surface area contributed by atoms with Crippen molar-refractivity contribution in [3.63, 3.8) is 0 Å². The minimum absolute atomic E-state index is 0.00737. The molecule has 0 spiro atoms. The Morgan fingerprint density at radius 2 is 1.81 bits per heavy atom. The molecule has 1 aromatic rings. The minimum Gasteiger partial charge on any atom is -0.507 e. The molecule has 0 radical (unpaired) electrons. The van der Waals surface area contributed by atoms with Crippen molar-refractivity contribution in [3.05, 3.63) is 39.2 Å². The molecular weight excluding hydrogens is 424 g/mol. The van der Waals surface area contributed by atoms with Crippen LogP contribution in [0.1, 0.15) is 64.6 Å². The van der Waals surface area contributed by atoms with Gasteiger partial charge in [-0.2, -0.15) is 0 Å². The van der Waals surface area contributed by atoms with Gasteiger partial charge in [0.25, 0.3) is 0 Å². The molecule has 32 heavy (non-hydrogen) atoms. The van der Waals surface area contributed by atoms with Crippen molar-refractivity contribution < 1.29 is 49.4 Å². The highest BCUT2D eigenvalue weighted by atomic mass is 16.5. The molecule has 5 N–H and O–H groups in total. The van der Waals surface area contributed by atoms with Crippen molar-refractivity contribution in [1.29, 1.82) is 0 Å². The number of carbonyl (C=O) groups excluding carboxylic acids is 2. The summed E-state index contributed by atoms with van der Waals surface area (Å²) >= 11 is 0. The van der Waals surface area contributed by atoms with Crippen molar-refractivity contribution in [2.45, 2.75) is 56.7 Å². The van der Waals surface area contributed by atoms with Crippen LogP contribution in [0.4, 0.5) is 0 Å². The van der Waals surface area contributed by atoms with Crippen LogP contribution in [0.3, 0.4) is 0 Å². The molecule has 2 bridgehead atoms. The van der Waals surface area contributed by atoms with Crippen LogP contribution in [0.5, 0.6) is 11.5 Å². The summed E-state index contributed by atoms with van der Waals surface area (Å²) in [5, 5.41) is 52.7. The van der Waals surface area contributed by atoms with E-state index < -0.39 is 76.6 Å². The van der Waals surface area contributed by atoms with Crippen molar-refractivity contribution in [2.24, 2.45) is 0 Å². The molecule has 5 atom stereocenters. The highest BCUT2D eigenvalue weighted by Gasteiger charge is 2.62. The molecule has 1 fully saturated rings. The Kier molecular flexibility index (Phi) is 4.14. The van der Waals surface area contributed by atoms with E-state index >= 15 is 0 Å². The number of phenolic OH excluding ortho intramolecular Hbond substituents is 2. The van der Waals surface area contributed by atoms with Gasteiger partial charge in [0, 0.05) is 28.7 Å². The predicted molar refractivity (Wildman–Crippen MR) is 105 cm³/mol. The van der Waals surface area contributed by atoms with Gasteiger partial charge in [-0.3, -0.25) is 14.4 Å². The third kappa shape index (κ3) is 2.37. The number of carboxylic acids is 1. The average Bonchev–Trinajstić information content (AvgIpc) is 2.69. The first kappa shape index (κ1) is 20.7. The summed E-state index contributed by atoms with van der Waals surface area (Å²) < 4.78 is 11.2. The molecule has 0 aromatic heterocycles. The Bertz CT molecular complexity index is 1180. The molecule has 0 amide bonds. The molecule has 3 aliphatic heterocycles. The second kappa shape index (κ2) is 6.41. The van der Waals surface area contributed by atoms with E-state index in [1.54, 1.807) is 0 Å². The van der Waals surface area contributed by atoms with E-state index in [0.29, 0.717) is 0 Å². The number of aliphatic carboxylic acids is 1. The van der Waals surface area contributed by atoms with Gasteiger partial charge < -0.3 is 35.0 Å². The summed E-state index contributed by atoms with van der Waals surface area (Å²) in [6.45, 7) is 2.97. The quantitative estimate of drug-likeness (QED) is 0.414. The zero-order valence-corrected chi connectivity index (χ0v) is 17.1. The Morgan fingerprint density at radius 1 is 1.16 bits per heavy atom. The molecule has 6 rings (SSSR count). The average molecular weight is 444 g/mol. The Labute approximate surface area is 181 Å². The zero-order valence-electron chi connectivity index (χ0n) is 17.1. The van der Waals surface area contributed by atoms with Gasteiger partial charge in [-0.05, 0) is 19.9 Å². The maximum atomic E-state index is 13.5. The molecule has 5 aliphatic rings. The van der Waals surface area contributed by atoms with Crippen LogP contribution < -0.4 is 0 Å². The molecule has 3 heterocycles. The third-order valence-electron chi connectivity index (χ3n) is 6.74. The Hall–Kier alpha value is -3.21. The lowest BCUT2D eigenvalue weighted by atomic mass is 9.63. The fraction of sp³-hybridized carbons (Fsp3) is 0.409. The van der Waals surface area contributed by atoms with Crippen LogP contribution in [-0.2, 0) is 14.3 Å². The van der Waals surface area contributed by atoms with E-state index in [1.165, 1.54) is 19.9 Å². The number of ether oxygens (including phenoxy) is 2. The van der Waals surface area contributed by atoms with E-state index in [0.717, 1.165) is 0 Å². The molecule has 1 aromatic carbocycles. The molecule has 10 heteroatoms. The number of hydrogen-bond donors (Lipinski definition) is 5. The maximum Gasteiger partial charge on any atom is 0.311 e. The minimum atomic E-state index is -2.15. The van der Waals surface area contributed by atoms with Gasteiger partial charge in [0.05, 0.1) is 29.4 Å². The number of hydrogen-bond acceptors (Lipinski definition) is 9. The van der Waals surface area contributed by atoms with Gasteiger partial charge in [0.1, 0.15) is 35.4 Å². The molecule has 1 saturated heterocycles. The smallest absolute Gasteiger partial charge is 0.311 e. The zero-order chi connectivity index (χ0) is 23.3. The summed E-state index contributed by atoms with van der Waals surface area (Å²) in [6.07, 6.45) is -3.62. The van der Waals surface area contributed by atoms with E-state index in [9.17, 15) is 34.8 Å². The second-order valence-corrected chi connectivity index (χ2v) is 8.51. The highest BCUT2D eigenvalue weighted by molar-refractivity contribution is 6.30. The maximum absolute atomic E-state index is 13.5. The molecule has 2 aliphatic carbocycles. The van der Waals surface area contributed by atoms with Crippen LogP contribution in [0.2, 0.25) is 0 Å². The van der Waals surface area contributed by atoms with E-state index in [1.807, 2.05) is 0 Å². The number of aliphatic hydroxyl groups is 2. The van der Waals surface area contributed by atoms with Gasteiger partial charge in [0.15, 0.2) is 11.6 Å². The van der Waals surface area contributed by atoms with Crippen LogP contribution in [0.25, 0.3) is 6.08 Å². The first-order chi connectivity index (χ1) is 15.0. The largest absolute Gasteiger partial charge is 0.507 e. The summed E-state index contributed by atoms with van der Waals surface area (Å²) in [5.41, 5.74) is -3.59. The standard InChI is InChI=1S/C22H20O10/c1-6-13-9(3-8(31-6)4-12(24)25)18(26)15-16(19(13)27)21(29)17-14(20(15)28)10-5-11(23)22(17,30)7(2)32-10/h3,6-7,10-11,23,26-27,30H,4-5H2,1-2H3,(H,24,25)/t6-,7+,10+,11+,22+/m0/s1. The first-order valence-corrected chi connectivity index (χ1v) is 10.1. The lowest BCUT2D eigenvalue weighted by molar-refractivity contribution is -0.207. The number of aromatic hydroxyl groups is 2. The lowest BCUT2D eigenvalue weighted by Gasteiger charge is -2.52. The first-order valence-electron chi connectivity index (χ1n) is 10.1. The molecule has 168 valence electrons. The van der Waals surface area contributed by atoms with Gasteiger partial charge in [-0.1, -0.05) is 0 Å². The van der Waals surface area contributed by atoms with Crippen LogP contribution in [0.15, 0.2) is 16.9 Å². The second-order valence-electron chi connectivity index (χ2n) is 8.51. The number of rotatable bonds is 2. The topological polar surface area (TPSA) is 171 Å². The summed E-state index contributed by atoms with van der Waals surface area (Å²) in [6, 6.07) is 0. The Balaban J connectivity index is 1.78. The van der Waals surface area contributed by atoms with Crippen LogP contribution in [-0.4, -0.2) is 67.0 Å². The SMILES string of the molecule is C[C@@H]1OC(CC(=O)O)=Cc2c(O)c3c(c(O)c21)C(=O)C1=C(C3=O)[C@H]2C[C@@H](O)[C@]1(O)[C@@H](C)O2. The number of aliphatic hydroxyl groups excluding tert-OH is 1. The number of fused-ring (bicyclic) bond motifs is 4. The predicted octanol–water partition coefficient (Wildman–Crippen LogP) is 0.963. The van der Waals surface area contributed by atoms with Crippen molar-refractivity contribution in [1.82, 2.24) is 0 Å². The number of carbonyl (C=O) groups is 3. The summed E-state index contributed by atoms with van der Waals surface area (Å²) in [4.78, 5) is 38.0. The van der Waals surface area contributed by atoms with Gasteiger partial charge in [-0.25, -0.2) is 0 Å². The fourth-order valence-corrected chi connectivity index (χ4v) is 5.30. The lowest BCUT2D eigenvalue weighted by Crippen LogP contribution is -2.66.